The summed E-state index contributed by atoms with van der Waals surface area (Å²) in [6.07, 6.45) is -1.29. The Morgan fingerprint density at radius 3 is 2.10 bits per heavy atom. The number of fused-ring (bicyclic) bond motifs is 1. The van der Waals surface area contributed by atoms with Crippen LogP contribution in [0.2, 0.25) is 0 Å². The van der Waals surface area contributed by atoms with Gasteiger partial charge in [0.25, 0.3) is 17.7 Å². The first kappa shape index (κ1) is 20.7. The van der Waals surface area contributed by atoms with Crippen molar-refractivity contribution in [1.82, 2.24) is 9.80 Å². The third kappa shape index (κ3) is 4.34. The molecule has 0 bridgehead atoms. The van der Waals surface area contributed by atoms with E-state index in [1.54, 1.807) is 53.4 Å². The molecule has 1 saturated heterocycles. The summed E-state index contributed by atoms with van der Waals surface area (Å²) < 4.78 is 10.8. The third-order valence-electron chi connectivity index (χ3n) is 5.32. The fourth-order valence-electron chi connectivity index (χ4n) is 3.67. The summed E-state index contributed by atoms with van der Waals surface area (Å²) in [5.41, 5.74) is 1.21. The van der Waals surface area contributed by atoms with Crippen LogP contribution in [0.4, 0.5) is 0 Å². The summed E-state index contributed by atoms with van der Waals surface area (Å²) in [6, 6.07) is 15.3. The van der Waals surface area contributed by atoms with E-state index in [-0.39, 0.29) is 18.9 Å². The largest absolute Gasteiger partial charge is 0.447 e. The molecular weight excluding hydrogens is 400 g/mol. The van der Waals surface area contributed by atoms with Gasteiger partial charge >= 0.3 is 5.97 Å². The molecule has 1 unspecified atom stereocenters. The Balaban J connectivity index is 1.43. The standard InChI is InChI=1S/C23H22N2O6/c26-19(10-11-25-21(27)17-8-4-5-9-18(17)22(25)28)31-20(16-6-2-1-3-7-16)23(29)24-12-14-30-15-13-24/h1-9,20H,10-15H2. The molecule has 0 aromatic heterocycles. The van der Waals surface area contributed by atoms with E-state index in [0.717, 1.165) is 4.90 Å². The van der Waals surface area contributed by atoms with E-state index < -0.39 is 23.9 Å². The van der Waals surface area contributed by atoms with Gasteiger partial charge in [-0.1, -0.05) is 42.5 Å². The van der Waals surface area contributed by atoms with Crippen molar-refractivity contribution in [1.29, 1.82) is 0 Å². The first-order valence-corrected chi connectivity index (χ1v) is 10.1. The molecule has 0 saturated carbocycles. The summed E-state index contributed by atoms with van der Waals surface area (Å²) in [7, 11) is 0. The molecule has 4 rings (SSSR count). The Morgan fingerprint density at radius 1 is 0.903 bits per heavy atom. The SMILES string of the molecule is O=C(CCN1C(=O)c2ccccc2C1=O)OC(C(=O)N1CCOCC1)c1ccccc1. The van der Waals surface area contributed by atoms with Crippen molar-refractivity contribution in [3.8, 4) is 0 Å². The average Bonchev–Trinajstić information content (AvgIpc) is 3.06. The van der Waals surface area contributed by atoms with Gasteiger partial charge in [0.15, 0.2) is 0 Å². The molecule has 0 radical (unpaired) electrons. The summed E-state index contributed by atoms with van der Waals surface area (Å²) in [5.74, 6) is -1.84. The van der Waals surface area contributed by atoms with Crippen molar-refractivity contribution < 1.29 is 28.7 Å². The lowest BCUT2D eigenvalue weighted by molar-refractivity contribution is -0.162. The molecule has 0 aliphatic carbocycles. The number of benzene rings is 2. The van der Waals surface area contributed by atoms with Gasteiger partial charge in [-0.05, 0) is 12.1 Å². The molecule has 0 N–H and O–H groups in total. The van der Waals surface area contributed by atoms with Gasteiger partial charge in [0.2, 0.25) is 6.10 Å². The molecule has 2 aromatic carbocycles. The minimum absolute atomic E-state index is 0.113. The lowest BCUT2D eigenvalue weighted by Gasteiger charge is -2.30. The predicted molar refractivity (Wildman–Crippen MR) is 109 cm³/mol. The van der Waals surface area contributed by atoms with Crippen molar-refractivity contribution in [3.63, 3.8) is 0 Å². The molecule has 3 amide bonds. The third-order valence-corrected chi connectivity index (χ3v) is 5.32. The normalized spacial score (nSPS) is 16.8. The fraction of sp³-hybridized carbons (Fsp3) is 0.304. The van der Waals surface area contributed by atoms with Crippen LogP contribution in [-0.2, 0) is 19.1 Å². The van der Waals surface area contributed by atoms with Gasteiger partial charge in [-0.2, -0.15) is 0 Å². The molecule has 2 aliphatic rings. The van der Waals surface area contributed by atoms with Gasteiger partial charge in [-0.25, -0.2) is 0 Å². The maximum Gasteiger partial charge on any atom is 0.308 e. The Morgan fingerprint density at radius 2 is 1.48 bits per heavy atom. The topological polar surface area (TPSA) is 93.2 Å². The number of hydrogen-bond acceptors (Lipinski definition) is 6. The first-order valence-electron chi connectivity index (χ1n) is 10.1. The van der Waals surface area contributed by atoms with Crippen molar-refractivity contribution in [2.45, 2.75) is 12.5 Å². The molecule has 160 valence electrons. The zero-order chi connectivity index (χ0) is 21.8. The van der Waals surface area contributed by atoms with Gasteiger partial charge < -0.3 is 14.4 Å². The maximum atomic E-state index is 13.0. The van der Waals surface area contributed by atoms with Crippen LogP contribution in [0.15, 0.2) is 54.6 Å². The lowest BCUT2D eigenvalue weighted by Crippen LogP contribution is -2.44. The summed E-state index contributed by atoms with van der Waals surface area (Å²) in [4.78, 5) is 53.2. The minimum atomic E-state index is -1.09. The van der Waals surface area contributed by atoms with Crippen LogP contribution < -0.4 is 0 Å². The van der Waals surface area contributed by atoms with Crippen LogP contribution in [0, 0.1) is 0 Å². The minimum Gasteiger partial charge on any atom is -0.447 e. The number of hydrogen-bond donors (Lipinski definition) is 0. The maximum absolute atomic E-state index is 13.0. The number of carbonyl (C=O) groups is 4. The Bertz CT molecular complexity index is 965. The Hall–Kier alpha value is -3.52. The van der Waals surface area contributed by atoms with Crippen LogP contribution in [0.3, 0.4) is 0 Å². The Kier molecular flexibility index (Phi) is 6.08. The van der Waals surface area contributed by atoms with E-state index in [1.165, 1.54) is 0 Å². The molecule has 1 fully saturated rings. The van der Waals surface area contributed by atoms with E-state index in [2.05, 4.69) is 0 Å². The summed E-state index contributed by atoms with van der Waals surface area (Å²) in [5, 5.41) is 0. The molecule has 2 aliphatic heterocycles. The van der Waals surface area contributed by atoms with Crippen molar-refractivity contribution >= 4 is 23.7 Å². The van der Waals surface area contributed by atoms with Gasteiger partial charge in [0, 0.05) is 25.2 Å². The monoisotopic (exact) mass is 422 g/mol. The highest BCUT2D eigenvalue weighted by Gasteiger charge is 2.36. The van der Waals surface area contributed by atoms with E-state index in [1.807, 2.05) is 6.07 Å². The number of morpholine rings is 1. The molecule has 0 spiro atoms. The van der Waals surface area contributed by atoms with Crippen LogP contribution in [0.5, 0.6) is 0 Å². The zero-order valence-corrected chi connectivity index (χ0v) is 16.9. The quantitative estimate of drug-likeness (QED) is 0.521. The Labute approximate surface area is 179 Å². The van der Waals surface area contributed by atoms with Gasteiger partial charge in [0.1, 0.15) is 0 Å². The van der Waals surface area contributed by atoms with Crippen molar-refractivity contribution in [2.75, 3.05) is 32.8 Å². The van der Waals surface area contributed by atoms with Crippen LogP contribution in [0.25, 0.3) is 0 Å². The molecule has 31 heavy (non-hydrogen) atoms. The average molecular weight is 422 g/mol. The number of rotatable bonds is 6. The highest BCUT2D eigenvalue weighted by molar-refractivity contribution is 6.21. The van der Waals surface area contributed by atoms with Gasteiger partial charge in [-0.15, -0.1) is 0 Å². The van der Waals surface area contributed by atoms with E-state index in [4.69, 9.17) is 9.47 Å². The van der Waals surface area contributed by atoms with Crippen molar-refractivity contribution in [3.05, 3.63) is 71.3 Å². The highest BCUT2D eigenvalue weighted by atomic mass is 16.5. The molecule has 2 heterocycles. The van der Waals surface area contributed by atoms with Crippen LogP contribution in [0.1, 0.15) is 38.8 Å². The second-order valence-corrected chi connectivity index (χ2v) is 7.28. The predicted octanol–water partition coefficient (Wildman–Crippen LogP) is 1.82. The van der Waals surface area contributed by atoms with Gasteiger partial charge in [0.05, 0.1) is 30.8 Å². The van der Waals surface area contributed by atoms with E-state index in [9.17, 15) is 19.2 Å². The fourth-order valence-corrected chi connectivity index (χ4v) is 3.67. The second kappa shape index (κ2) is 9.09. The molecule has 8 nitrogen and oxygen atoms in total. The molecule has 1 atom stereocenters. The number of nitrogens with zero attached hydrogens (tertiary/aromatic N) is 2. The van der Waals surface area contributed by atoms with Crippen LogP contribution in [-0.4, -0.2) is 66.3 Å². The van der Waals surface area contributed by atoms with Gasteiger partial charge in [-0.3, -0.25) is 24.1 Å². The number of esters is 1. The summed E-state index contributed by atoms with van der Waals surface area (Å²) >= 11 is 0. The summed E-state index contributed by atoms with van der Waals surface area (Å²) in [6.45, 7) is 1.60. The zero-order valence-electron chi connectivity index (χ0n) is 16.9. The molecular formula is C23H22N2O6. The van der Waals surface area contributed by atoms with E-state index in [0.29, 0.717) is 43.0 Å². The second-order valence-electron chi connectivity index (χ2n) is 7.28. The van der Waals surface area contributed by atoms with Crippen LogP contribution >= 0.6 is 0 Å². The number of carbonyl (C=O) groups excluding carboxylic acids is 4. The van der Waals surface area contributed by atoms with E-state index >= 15 is 0 Å². The molecule has 8 heteroatoms. The lowest BCUT2D eigenvalue weighted by atomic mass is 10.1. The number of ether oxygens (including phenoxy) is 2. The first-order chi connectivity index (χ1) is 15.1. The van der Waals surface area contributed by atoms with Crippen molar-refractivity contribution in [2.24, 2.45) is 0 Å². The smallest absolute Gasteiger partial charge is 0.308 e. The highest BCUT2D eigenvalue weighted by Crippen LogP contribution is 2.24. The molecule has 2 aromatic rings. The number of imide groups is 1. The number of amides is 3.